The summed E-state index contributed by atoms with van der Waals surface area (Å²) in [6.07, 6.45) is 0.804. The van der Waals surface area contributed by atoms with Gasteiger partial charge in [-0.1, -0.05) is 23.2 Å². The van der Waals surface area contributed by atoms with Crippen molar-refractivity contribution in [3.63, 3.8) is 0 Å². The Morgan fingerprint density at radius 2 is 2.00 bits per heavy atom. The van der Waals surface area contributed by atoms with Crippen LogP contribution < -0.4 is 0 Å². The van der Waals surface area contributed by atoms with Crippen molar-refractivity contribution >= 4 is 23.2 Å². The van der Waals surface area contributed by atoms with Crippen LogP contribution >= 0.6 is 23.2 Å². The molecular weight excluding hydrogens is 257 g/mol. The van der Waals surface area contributed by atoms with E-state index in [-0.39, 0.29) is 5.15 Å². The highest BCUT2D eigenvalue weighted by atomic mass is 35.5. The first-order chi connectivity index (χ1) is 8.04. The smallest absolute Gasteiger partial charge is 0.148 e. The summed E-state index contributed by atoms with van der Waals surface area (Å²) in [6.45, 7) is 5.96. The fourth-order valence-corrected chi connectivity index (χ4v) is 2.68. The van der Waals surface area contributed by atoms with Crippen molar-refractivity contribution in [3.8, 4) is 6.07 Å². The second kappa shape index (κ2) is 4.81. The molecule has 0 saturated carbocycles. The highest BCUT2D eigenvalue weighted by Gasteiger charge is 2.25. The minimum atomic E-state index is 0.217. The number of rotatable bonds is 1. The molecule has 1 aliphatic heterocycles. The zero-order valence-electron chi connectivity index (χ0n) is 9.80. The summed E-state index contributed by atoms with van der Waals surface area (Å²) in [5, 5.41) is 9.75. The van der Waals surface area contributed by atoms with Gasteiger partial charge in [-0.3, -0.25) is 4.90 Å². The van der Waals surface area contributed by atoms with E-state index in [4.69, 9.17) is 28.5 Å². The Bertz CT molecular complexity index is 492. The SMILES string of the molecule is CC(C)N1CCc2c(C#N)c(Cl)nc(Cl)c2C1. The van der Waals surface area contributed by atoms with Crippen LogP contribution in [0, 0.1) is 11.3 Å². The lowest BCUT2D eigenvalue weighted by Crippen LogP contribution is -2.36. The monoisotopic (exact) mass is 269 g/mol. The molecule has 2 heterocycles. The summed E-state index contributed by atoms with van der Waals surface area (Å²) >= 11 is 12.0. The molecule has 0 fully saturated rings. The van der Waals surface area contributed by atoms with Crippen LogP contribution in [0.3, 0.4) is 0 Å². The zero-order chi connectivity index (χ0) is 12.6. The summed E-state index contributed by atoms with van der Waals surface area (Å²) in [6, 6.07) is 2.58. The van der Waals surface area contributed by atoms with E-state index in [2.05, 4.69) is 29.8 Å². The molecule has 2 rings (SSSR count). The molecule has 3 nitrogen and oxygen atoms in total. The predicted octanol–water partition coefficient (Wildman–Crippen LogP) is 3.03. The number of nitriles is 1. The summed E-state index contributed by atoms with van der Waals surface area (Å²) < 4.78 is 0. The van der Waals surface area contributed by atoms with Crippen LogP contribution in [-0.2, 0) is 13.0 Å². The Morgan fingerprint density at radius 3 is 2.59 bits per heavy atom. The van der Waals surface area contributed by atoms with Gasteiger partial charge in [-0.15, -0.1) is 0 Å². The van der Waals surface area contributed by atoms with Crippen LogP contribution in [-0.4, -0.2) is 22.5 Å². The van der Waals surface area contributed by atoms with Gasteiger partial charge < -0.3 is 0 Å². The Hall–Kier alpha value is -0.820. The Morgan fingerprint density at radius 1 is 1.29 bits per heavy atom. The van der Waals surface area contributed by atoms with Crippen molar-refractivity contribution in [1.29, 1.82) is 5.26 Å². The van der Waals surface area contributed by atoms with Crippen molar-refractivity contribution in [1.82, 2.24) is 9.88 Å². The molecule has 0 bridgehead atoms. The number of hydrogen-bond acceptors (Lipinski definition) is 3. The molecule has 0 radical (unpaired) electrons. The summed E-state index contributed by atoms with van der Waals surface area (Å²) in [4.78, 5) is 6.34. The van der Waals surface area contributed by atoms with Gasteiger partial charge in [0.25, 0.3) is 0 Å². The van der Waals surface area contributed by atoms with Crippen LogP contribution in [0.5, 0.6) is 0 Å². The fraction of sp³-hybridized carbons (Fsp3) is 0.500. The van der Waals surface area contributed by atoms with E-state index in [1.165, 1.54) is 0 Å². The highest BCUT2D eigenvalue weighted by molar-refractivity contribution is 6.33. The number of pyridine rings is 1. The molecule has 1 aliphatic rings. The summed E-state index contributed by atoms with van der Waals surface area (Å²) in [7, 11) is 0. The molecule has 5 heteroatoms. The van der Waals surface area contributed by atoms with E-state index in [1.807, 2.05) is 0 Å². The fourth-order valence-electron chi connectivity index (χ4n) is 2.14. The normalized spacial score (nSPS) is 15.8. The number of aromatic nitrogens is 1. The third-order valence-corrected chi connectivity index (χ3v) is 3.76. The van der Waals surface area contributed by atoms with Gasteiger partial charge in [0, 0.05) is 24.7 Å². The van der Waals surface area contributed by atoms with E-state index in [0.29, 0.717) is 16.8 Å². The Kier molecular flexibility index (Phi) is 3.58. The second-order valence-corrected chi connectivity index (χ2v) is 5.17. The van der Waals surface area contributed by atoms with Gasteiger partial charge in [0.1, 0.15) is 16.4 Å². The average molecular weight is 270 g/mol. The van der Waals surface area contributed by atoms with Crippen LogP contribution in [0.25, 0.3) is 0 Å². The average Bonchev–Trinajstić information content (AvgIpc) is 2.29. The Labute approximate surface area is 111 Å². The van der Waals surface area contributed by atoms with Crippen molar-refractivity contribution < 1.29 is 0 Å². The zero-order valence-corrected chi connectivity index (χ0v) is 11.3. The van der Waals surface area contributed by atoms with Crippen molar-refractivity contribution in [2.75, 3.05) is 6.54 Å². The first-order valence-corrected chi connectivity index (χ1v) is 6.31. The molecular formula is C12H13Cl2N3. The van der Waals surface area contributed by atoms with Crippen molar-refractivity contribution in [2.24, 2.45) is 0 Å². The lowest BCUT2D eigenvalue weighted by Gasteiger charge is -2.32. The number of hydrogen-bond donors (Lipinski definition) is 0. The highest BCUT2D eigenvalue weighted by Crippen LogP contribution is 2.31. The van der Waals surface area contributed by atoms with E-state index in [9.17, 15) is 0 Å². The number of fused-ring (bicyclic) bond motifs is 1. The lowest BCUT2D eigenvalue weighted by atomic mass is 9.97. The van der Waals surface area contributed by atoms with E-state index in [1.54, 1.807) is 0 Å². The summed E-state index contributed by atoms with van der Waals surface area (Å²) in [5.41, 5.74) is 2.40. The molecule has 0 N–H and O–H groups in total. The maximum absolute atomic E-state index is 9.11. The van der Waals surface area contributed by atoms with Crippen LogP contribution in [0.4, 0.5) is 0 Å². The van der Waals surface area contributed by atoms with E-state index >= 15 is 0 Å². The topological polar surface area (TPSA) is 39.9 Å². The standard InChI is InChI=1S/C12H13Cl2N3/c1-7(2)17-4-3-8-9(5-15)11(13)16-12(14)10(8)6-17/h7H,3-4,6H2,1-2H3. The molecule has 0 saturated heterocycles. The van der Waals surface area contributed by atoms with Gasteiger partial charge in [0.05, 0.1) is 5.56 Å². The third-order valence-electron chi connectivity index (χ3n) is 3.17. The molecule has 1 aromatic heterocycles. The lowest BCUT2D eigenvalue weighted by molar-refractivity contribution is 0.203. The van der Waals surface area contributed by atoms with Crippen molar-refractivity contribution in [2.45, 2.75) is 32.9 Å². The van der Waals surface area contributed by atoms with Gasteiger partial charge in [0.15, 0.2) is 0 Å². The quantitative estimate of drug-likeness (QED) is 0.736. The van der Waals surface area contributed by atoms with Crippen LogP contribution in [0.2, 0.25) is 10.3 Å². The first-order valence-electron chi connectivity index (χ1n) is 5.55. The molecule has 0 aromatic carbocycles. The largest absolute Gasteiger partial charge is 0.296 e. The molecule has 0 aliphatic carbocycles. The van der Waals surface area contributed by atoms with E-state index < -0.39 is 0 Å². The predicted molar refractivity (Wildman–Crippen MR) is 68.2 cm³/mol. The minimum Gasteiger partial charge on any atom is -0.296 e. The molecule has 0 spiro atoms. The Balaban J connectivity index is 2.49. The minimum absolute atomic E-state index is 0.217. The number of halogens is 2. The van der Waals surface area contributed by atoms with Gasteiger partial charge in [-0.2, -0.15) is 5.26 Å². The first kappa shape index (κ1) is 12.6. The second-order valence-electron chi connectivity index (χ2n) is 4.45. The van der Waals surface area contributed by atoms with E-state index in [0.717, 1.165) is 30.6 Å². The van der Waals surface area contributed by atoms with Crippen LogP contribution in [0.15, 0.2) is 0 Å². The maximum Gasteiger partial charge on any atom is 0.148 e. The van der Waals surface area contributed by atoms with Gasteiger partial charge in [0.2, 0.25) is 0 Å². The molecule has 0 atom stereocenters. The number of nitrogens with zero attached hydrogens (tertiary/aromatic N) is 3. The third kappa shape index (κ3) is 2.26. The van der Waals surface area contributed by atoms with Crippen LogP contribution in [0.1, 0.15) is 30.5 Å². The van der Waals surface area contributed by atoms with Crippen molar-refractivity contribution in [3.05, 3.63) is 27.0 Å². The summed E-state index contributed by atoms with van der Waals surface area (Å²) in [5.74, 6) is 0. The molecule has 0 amide bonds. The van der Waals surface area contributed by atoms with Gasteiger partial charge >= 0.3 is 0 Å². The molecule has 0 unspecified atom stereocenters. The molecule has 1 aromatic rings. The van der Waals surface area contributed by atoms with Gasteiger partial charge in [-0.05, 0) is 25.8 Å². The molecule has 90 valence electrons. The molecule has 17 heavy (non-hydrogen) atoms. The maximum atomic E-state index is 9.11. The van der Waals surface area contributed by atoms with Gasteiger partial charge in [-0.25, -0.2) is 4.98 Å².